The summed E-state index contributed by atoms with van der Waals surface area (Å²) in [5.74, 6) is -0.738. The summed E-state index contributed by atoms with van der Waals surface area (Å²) in [4.78, 5) is 23.0. The minimum atomic E-state index is -0.708. The quantitative estimate of drug-likeness (QED) is 0.0633. The highest BCUT2D eigenvalue weighted by Gasteiger charge is 2.14. The second-order valence-electron chi connectivity index (χ2n) is 10.6. The maximum Gasteiger partial charge on any atom is 0.306 e. The Hall–Kier alpha value is -1.58. The summed E-state index contributed by atoms with van der Waals surface area (Å²) < 4.78 is 5.89. The fraction of sp³-hybridized carbons (Fsp3) is 0.818. The van der Waals surface area contributed by atoms with E-state index < -0.39 is 5.97 Å². The van der Waals surface area contributed by atoms with Crippen LogP contribution >= 0.6 is 0 Å². The van der Waals surface area contributed by atoms with Gasteiger partial charge in [-0.3, -0.25) is 9.59 Å². The molecular formula is C33H60O4. The predicted molar refractivity (Wildman–Crippen MR) is 158 cm³/mol. The number of hydrogen-bond acceptors (Lipinski definition) is 3. The zero-order chi connectivity index (χ0) is 27.2. The third kappa shape index (κ3) is 28.8. The van der Waals surface area contributed by atoms with Gasteiger partial charge in [0.05, 0.1) is 0 Å². The molecule has 216 valence electrons. The highest BCUT2D eigenvalue weighted by molar-refractivity contribution is 5.69. The number of hydrogen-bond donors (Lipinski definition) is 1. The molecule has 0 aliphatic heterocycles. The molecule has 0 aliphatic rings. The Bertz CT molecular complexity index is 567. The lowest BCUT2D eigenvalue weighted by Gasteiger charge is -2.18. The predicted octanol–water partition coefficient (Wildman–Crippen LogP) is 10.5. The first-order valence-corrected chi connectivity index (χ1v) is 15.8. The number of esters is 1. The number of carboxylic acids is 1. The molecule has 1 unspecified atom stereocenters. The van der Waals surface area contributed by atoms with Crippen molar-refractivity contribution in [3.05, 3.63) is 24.3 Å². The summed E-state index contributed by atoms with van der Waals surface area (Å²) in [7, 11) is 0. The van der Waals surface area contributed by atoms with Crippen LogP contribution in [0.2, 0.25) is 0 Å². The molecular weight excluding hydrogens is 460 g/mol. The lowest BCUT2D eigenvalue weighted by Crippen LogP contribution is -2.18. The minimum absolute atomic E-state index is 0.0209. The third-order valence-corrected chi connectivity index (χ3v) is 6.93. The Balaban J connectivity index is 4.16. The van der Waals surface area contributed by atoms with Gasteiger partial charge >= 0.3 is 11.9 Å². The van der Waals surface area contributed by atoms with Gasteiger partial charge in [0.25, 0.3) is 0 Å². The maximum atomic E-state index is 12.4. The number of carboxylic acid groups (broad SMARTS) is 1. The topological polar surface area (TPSA) is 63.6 Å². The summed E-state index contributed by atoms with van der Waals surface area (Å²) in [5, 5.41) is 8.75. The smallest absolute Gasteiger partial charge is 0.306 e. The van der Waals surface area contributed by atoms with Gasteiger partial charge < -0.3 is 9.84 Å². The van der Waals surface area contributed by atoms with Crippen LogP contribution in [-0.4, -0.2) is 23.1 Å². The number of carbonyl (C=O) groups is 2. The van der Waals surface area contributed by atoms with E-state index in [-0.39, 0.29) is 18.5 Å². The number of unbranched alkanes of at least 4 members (excludes halogenated alkanes) is 15. The summed E-state index contributed by atoms with van der Waals surface area (Å²) >= 11 is 0. The molecule has 0 saturated heterocycles. The van der Waals surface area contributed by atoms with Gasteiger partial charge in [-0.25, -0.2) is 0 Å². The van der Waals surface area contributed by atoms with Crippen molar-refractivity contribution in [2.45, 2.75) is 174 Å². The Kier molecular flexibility index (Phi) is 27.7. The SMILES string of the molecule is CCCCCCC/C=C\C/C=C\CCCC(CCCCCCCC(=O)O)OC(=O)CCCCCCCC. The lowest BCUT2D eigenvalue weighted by molar-refractivity contribution is -0.150. The van der Waals surface area contributed by atoms with Crippen molar-refractivity contribution >= 4 is 11.9 Å². The average Bonchev–Trinajstić information content (AvgIpc) is 2.87. The zero-order valence-electron chi connectivity index (χ0n) is 24.5. The molecule has 0 aliphatic carbocycles. The van der Waals surface area contributed by atoms with Crippen molar-refractivity contribution in [3.8, 4) is 0 Å². The molecule has 1 N–H and O–H groups in total. The highest BCUT2D eigenvalue weighted by atomic mass is 16.5. The van der Waals surface area contributed by atoms with Crippen LogP contribution in [0.1, 0.15) is 168 Å². The van der Waals surface area contributed by atoms with Crippen LogP contribution in [0.25, 0.3) is 0 Å². The van der Waals surface area contributed by atoms with Crippen molar-refractivity contribution in [2.75, 3.05) is 0 Å². The second kappa shape index (κ2) is 29.0. The van der Waals surface area contributed by atoms with Gasteiger partial charge in [-0.2, -0.15) is 0 Å². The normalized spacial score (nSPS) is 12.5. The monoisotopic (exact) mass is 520 g/mol. The van der Waals surface area contributed by atoms with E-state index >= 15 is 0 Å². The molecule has 0 radical (unpaired) electrons. The summed E-state index contributed by atoms with van der Waals surface area (Å²) in [5.41, 5.74) is 0. The fourth-order valence-electron chi connectivity index (χ4n) is 4.57. The van der Waals surface area contributed by atoms with E-state index in [2.05, 4.69) is 38.2 Å². The van der Waals surface area contributed by atoms with Crippen LogP contribution in [0, 0.1) is 0 Å². The van der Waals surface area contributed by atoms with Gasteiger partial charge in [0, 0.05) is 12.8 Å². The van der Waals surface area contributed by atoms with Crippen molar-refractivity contribution in [1.29, 1.82) is 0 Å². The number of allylic oxidation sites excluding steroid dienone is 4. The van der Waals surface area contributed by atoms with Gasteiger partial charge in [0.1, 0.15) is 6.10 Å². The largest absolute Gasteiger partial charge is 0.481 e. The van der Waals surface area contributed by atoms with Gasteiger partial charge in [-0.05, 0) is 64.2 Å². The van der Waals surface area contributed by atoms with Crippen LogP contribution in [0.4, 0.5) is 0 Å². The first kappa shape index (κ1) is 35.4. The Morgan fingerprint density at radius 3 is 1.70 bits per heavy atom. The molecule has 0 aromatic carbocycles. The van der Waals surface area contributed by atoms with Crippen molar-refractivity contribution in [1.82, 2.24) is 0 Å². The number of carbonyl (C=O) groups excluding carboxylic acids is 1. The van der Waals surface area contributed by atoms with Crippen molar-refractivity contribution in [2.24, 2.45) is 0 Å². The molecule has 0 rings (SSSR count). The minimum Gasteiger partial charge on any atom is -0.481 e. The Labute approximate surface area is 229 Å². The second-order valence-corrected chi connectivity index (χ2v) is 10.6. The highest BCUT2D eigenvalue weighted by Crippen LogP contribution is 2.17. The Morgan fingerprint density at radius 2 is 1.08 bits per heavy atom. The molecule has 0 amide bonds. The molecule has 0 aromatic heterocycles. The first-order valence-electron chi connectivity index (χ1n) is 15.8. The van der Waals surface area contributed by atoms with E-state index in [9.17, 15) is 9.59 Å². The first-order chi connectivity index (χ1) is 18.1. The molecule has 0 bridgehead atoms. The van der Waals surface area contributed by atoms with E-state index in [4.69, 9.17) is 9.84 Å². The third-order valence-electron chi connectivity index (χ3n) is 6.93. The summed E-state index contributed by atoms with van der Waals surface area (Å²) in [6, 6.07) is 0. The molecule has 1 atom stereocenters. The molecule has 0 fully saturated rings. The molecule has 0 saturated carbocycles. The standard InChI is InChI=1S/C33H60O4/c1-3-5-7-9-11-12-13-14-15-16-17-19-23-27-31(28-24-20-18-21-25-29-32(34)35)37-33(36)30-26-22-10-8-6-4-2/h13-14,16-17,31H,3-12,15,18-30H2,1-2H3,(H,34,35)/b14-13-,17-16-. The molecule has 0 heterocycles. The van der Waals surface area contributed by atoms with Gasteiger partial charge in [0.15, 0.2) is 0 Å². The van der Waals surface area contributed by atoms with E-state index in [0.29, 0.717) is 6.42 Å². The van der Waals surface area contributed by atoms with Crippen LogP contribution in [0.3, 0.4) is 0 Å². The Morgan fingerprint density at radius 1 is 0.595 bits per heavy atom. The van der Waals surface area contributed by atoms with E-state index in [0.717, 1.165) is 77.0 Å². The number of ether oxygens (including phenoxy) is 1. The molecule has 0 aromatic rings. The summed E-state index contributed by atoms with van der Waals surface area (Å²) in [6.07, 6.45) is 34.7. The van der Waals surface area contributed by atoms with Crippen LogP contribution in [0.15, 0.2) is 24.3 Å². The van der Waals surface area contributed by atoms with Crippen LogP contribution < -0.4 is 0 Å². The molecule has 4 nitrogen and oxygen atoms in total. The number of aliphatic carboxylic acids is 1. The van der Waals surface area contributed by atoms with Gasteiger partial charge in [-0.1, -0.05) is 115 Å². The lowest BCUT2D eigenvalue weighted by atomic mass is 10.0. The van der Waals surface area contributed by atoms with Gasteiger partial charge in [-0.15, -0.1) is 0 Å². The van der Waals surface area contributed by atoms with Crippen LogP contribution in [-0.2, 0) is 14.3 Å². The van der Waals surface area contributed by atoms with E-state index in [1.807, 2.05) is 0 Å². The summed E-state index contributed by atoms with van der Waals surface area (Å²) in [6.45, 7) is 4.48. The fourth-order valence-corrected chi connectivity index (χ4v) is 4.57. The van der Waals surface area contributed by atoms with Crippen LogP contribution in [0.5, 0.6) is 0 Å². The van der Waals surface area contributed by atoms with Crippen molar-refractivity contribution < 1.29 is 19.4 Å². The maximum absolute atomic E-state index is 12.4. The van der Waals surface area contributed by atoms with Gasteiger partial charge in [0.2, 0.25) is 0 Å². The average molecular weight is 521 g/mol. The van der Waals surface area contributed by atoms with Crippen molar-refractivity contribution in [3.63, 3.8) is 0 Å². The molecule has 0 spiro atoms. The van der Waals surface area contributed by atoms with E-state index in [1.165, 1.54) is 64.2 Å². The number of rotatable bonds is 28. The zero-order valence-corrected chi connectivity index (χ0v) is 24.5. The van der Waals surface area contributed by atoms with E-state index in [1.54, 1.807) is 0 Å². The molecule has 37 heavy (non-hydrogen) atoms. The molecule has 4 heteroatoms.